The lowest BCUT2D eigenvalue weighted by atomic mass is 10.3. The molecule has 0 spiro atoms. The van der Waals surface area contributed by atoms with E-state index in [-0.39, 0.29) is 0 Å². The highest BCUT2D eigenvalue weighted by atomic mass is 16.5. The average molecular weight is 147 g/mol. The molecule has 0 N–H and O–H groups in total. The molecule has 2 aromatic rings. The van der Waals surface area contributed by atoms with Crippen LogP contribution in [0.3, 0.4) is 0 Å². The first-order valence-corrected chi connectivity index (χ1v) is 3.15. The van der Waals surface area contributed by atoms with Gasteiger partial charge in [-0.2, -0.15) is 0 Å². The van der Waals surface area contributed by atoms with Gasteiger partial charge in [-0.15, -0.1) is 0 Å². The first kappa shape index (κ1) is 6.03. The van der Waals surface area contributed by atoms with Gasteiger partial charge >= 0.3 is 0 Å². The molecule has 2 aromatic heterocycles. The monoisotopic (exact) mass is 147 g/mol. The Morgan fingerprint density at radius 3 is 3.09 bits per heavy atom. The molecule has 0 bridgehead atoms. The van der Waals surface area contributed by atoms with E-state index in [0.717, 1.165) is 10.8 Å². The second kappa shape index (κ2) is 2.16. The van der Waals surface area contributed by atoms with Crippen molar-refractivity contribution in [1.29, 1.82) is 0 Å². The topological polar surface area (TPSA) is 52.7 Å². The molecule has 0 saturated heterocycles. The van der Waals surface area contributed by atoms with Crippen molar-refractivity contribution in [3.05, 3.63) is 36.1 Å². The fourth-order valence-corrected chi connectivity index (χ4v) is 0.914. The quantitative estimate of drug-likeness (QED) is 0.397. The summed E-state index contributed by atoms with van der Waals surface area (Å²) in [5.41, 5.74) is 0. The van der Waals surface area contributed by atoms with E-state index in [1.165, 1.54) is 12.4 Å². The molecule has 0 aliphatic carbocycles. The fraction of sp³-hybridized carbons (Fsp3) is 0. The fourth-order valence-electron chi connectivity index (χ4n) is 0.914. The third-order valence-electron chi connectivity index (χ3n) is 1.45. The zero-order chi connectivity index (χ0) is 7.68. The van der Waals surface area contributed by atoms with E-state index < -0.39 is 0 Å². The van der Waals surface area contributed by atoms with E-state index >= 15 is 0 Å². The van der Waals surface area contributed by atoms with E-state index in [1.54, 1.807) is 18.5 Å². The van der Waals surface area contributed by atoms with Gasteiger partial charge in [-0.05, 0) is 6.07 Å². The van der Waals surface area contributed by atoms with E-state index in [4.69, 9.17) is 0 Å². The highest BCUT2D eigenvalue weighted by molar-refractivity contribution is 5.78. The highest BCUT2D eigenvalue weighted by Crippen LogP contribution is 2.05. The van der Waals surface area contributed by atoms with Gasteiger partial charge in [0.25, 0.3) is 0 Å². The van der Waals surface area contributed by atoms with E-state index in [1.807, 2.05) is 0 Å². The number of aromatic nitrogens is 3. The van der Waals surface area contributed by atoms with Crippen molar-refractivity contribution >= 4 is 10.8 Å². The average Bonchev–Trinajstić information content (AvgIpc) is 2.04. The normalized spacial score (nSPS) is 10.2. The summed E-state index contributed by atoms with van der Waals surface area (Å²) in [5, 5.41) is 15.9. The second-order valence-electron chi connectivity index (χ2n) is 2.18. The molecule has 0 aromatic carbocycles. The number of fused-ring (bicyclic) bond motifs is 1. The Hall–Kier alpha value is -1.71. The Bertz CT molecular complexity index is 388. The third-order valence-corrected chi connectivity index (χ3v) is 1.45. The maximum absolute atomic E-state index is 10.7. The summed E-state index contributed by atoms with van der Waals surface area (Å²) in [7, 11) is 0. The smallest absolute Gasteiger partial charge is 0.217 e. The van der Waals surface area contributed by atoms with Crippen molar-refractivity contribution in [3.63, 3.8) is 0 Å². The summed E-state index contributed by atoms with van der Waals surface area (Å²) in [6.45, 7) is 0. The van der Waals surface area contributed by atoms with Gasteiger partial charge < -0.3 is 5.21 Å². The molecule has 0 aliphatic heterocycles. The predicted octanol–water partition coefficient (Wildman–Crippen LogP) is 0.263. The SMILES string of the molecule is [O-][n+]1cc2ccncc2cn1. The molecule has 54 valence electrons. The zero-order valence-corrected chi connectivity index (χ0v) is 5.64. The predicted molar refractivity (Wildman–Crippen MR) is 38.5 cm³/mol. The van der Waals surface area contributed by atoms with Crippen LogP contribution in [0.15, 0.2) is 30.9 Å². The molecule has 0 aliphatic rings. The number of hydrogen-bond donors (Lipinski definition) is 0. The van der Waals surface area contributed by atoms with Gasteiger partial charge in [0.15, 0.2) is 0 Å². The minimum absolute atomic E-state index is 0.530. The molecule has 2 rings (SSSR count). The van der Waals surface area contributed by atoms with Crippen molar-refractivity contribution in [2.24, 2.45) is 0 Å². The van der Waals surface area contributed by atoms with Crippen molar-refractivity contribution in [2.45, 2.75) is 0 Å². The first-order valence-electron chi connectivity index (χ1n) is 3.15. The molecule has 0 atom stereocenters. The summed E-state index contributed by atoms with van der Waals surface area (Å²) in [5.74, 6) is 0. The van der Waals surface area contributed by atoms with Gasteiger partial charge in [-0.25, -0.2) is 0 Å². The van der Waals surface area contributed by atoms with Crippen LogP contribution < -0.4 is 4.85 Å². The Kier molecular flexibility index (Phi) is 1.18. The molecular formula is C7H5N3O. The molecule has 0 saturated carbocycles. The molecule has 0 unspecified atom stereocenters. The summed E-state index contributed by atoms with van der Waals surface area (Å²) >= 11 is 0. The first-order chi connectivity index (χ1) is 5.36. The van der Waals surface area contributed by atoms with Gasteiger partial charge in [0.2, 0.25) is 6.20 Å². The van der Waals surface area contributed by atoms with E-state index in [9.17, 15) is 5.21 Å². The Morgan fingerprint density at radius 2 is 2.18 bits per heavy atom. The molecule has 4 nitrogen and oxygen atoms in total. The maximum Gasteiger partial charge on any atom is 0.217 e. The molecule has 11 heavy (non-hydrogen) atoms. The van der Waals surface area contributed by atoms with Crippen molar-refractivity contribution < 1.29 is 4.85 Å². The van der Waals surface area contributed by atoms with E-state index in [0.29, 0.717) is 4.85 Å². The number of nitrogens with zero attached hydrogens (tertiary/aromatic N) is 3. The van der Waals surface area contributed by atoms with Gasteiger partial charge in [0, 0.05) is 22.9 Å². The summed E-state index contributed by atoms with van der Waals surface area (Å²) in [6.07, 6.45) is 6.22. The third kappa shape index (κ3) is 0.980. The molecule has 4 heteroatoms. The van der Waals surface area contributed by atoms with Crippen LogP contribution in [0.4, 0.5) is 0 Å². The largest absolute Gasteiger partial charge is 0.594 e. The van der Waals surface area contributed by atoms with Crippen LogP contribution in [-0.4, -0.2) is 10.1 Å². The Morgan fingerprint density at radius 1 is 1.27 bits per heavy atom. The van der Waals surface area contributed by atoms with Gasteiger partial charge in [0.05, 0.1) is 5.39 Å². The molecular weight excluding hydrogens is 142 g/mol. The minimum Gasteiger partial charge on any atom is -0.594 e. The minimum atomic E-state index is 0.530. The zero-order valence-electron chi connectivity index (χ0n) is 5.64. The highest BCUT2D eigenvalue weighted by Gasteiger charge is 1.96. The second-order valence-corrected chi connectivity index (χ2v) is 2.18. The Balaban J connectivity index is 2.83. The molecule has 0 amide bonds. The van der Waals surface area contributed by atoms with Gasteiger partial charge in [-0.1, -0.05) is 4.85 Å². The summed E-state index contributed by atoms with van der Waals surface area (Å²) in [4.78, 5) is 4.42. The van der Waals surface area contributed by atoms with Crippen LogP contribution in [0, 0.1) is 5.21 Å². The van der Waals surface area contributed by atoms with Crippen LogP contribution in [-0.2, 0) is 0 Å². The lowest BCUT2D eigenvalue weighted by Gasteiger charge is -1.93. The van der Waals surface area contributed by atoms with Gasteiger partial charge in [0.1, 0.15) is 6.20 Å². The Labute approximate surface area is 62.7 Å². The number of pyridine rings is 1. The van der Waals surface area contributed by atoms with Crippen LogP contribution in [0.25, 0.3) is 10.8 Å². The van der Waals surface area contributed by atoms with Crippen LogP contribution in [0.1, 0.15) is 0 Å². The lowest BCUT2D eigenvalue weighted by molar-refractivity contribution is -0.667. The molecule has 0 fully saturated rings. The molecule has 0 radical (unpaired) electrons. The number of rotatable bonds is 0. The van der Waals surface area contributed by atoms with Crippen LogP contribution >= 0.6 is 0 Å². The van der Waals surface area contributed by atoms with Gasteiger partial charge in [-0.3, -0.25) is 4.98 Å². The summed E-state index contributed by atoms with van der Waals surface area (Å²) < 4.78 is 0. The lowest BCUT2D eigenvalue weighted by Crippen LogP contribution is -2.29. The van der Waals surface area contributed by atoms with E-state index in [2.05, 4.69) is 10.1 Å². The van der Waals surface area contributed by atoms with Crippen molar-refractivity contribution in [2.75, 3.05) is 0 Å². The standard InChI is InChI=1S/C7H5N3O/c11-10-5-6-1-2-8-3-7(6)4-9-10/h1-5H. The van der Waals surface area contributed by atoms with Crippen molar-refractivity contribution in [3.8, 4) is 0 Å². The molecule has 2 heterocycles. The van der Waals surface area contributed by atoms with Crippen LogP contribution in [0.5, 0.6) is 0 Å². The van der Waals surface area contributed by atoms with Crippen molar-refractivity contribution in [1.82, 2.24) is 10.1 Å². The number of hydrogen-bond acceptors (Lipinski definition) is 3. The van der Waals surface area contributed by atoms with Crippen LogP contribution in [0.2, 0.25) is 0 Å². The summed E-state index contributed by atoms with van der Waals surface area (Å²) in [6, 6.07) is 1.77. The maximum atomic E-state index is 10.7.